The van der Waals surface area contributed by atoms with Gasteiger partial charge in [0.15, 0.2) is 0 Å². The minimum absolute atomic E-state index is 0.220. The number of hydrogen-bond acceptors (Lipinski definition) is 3. The molecule has 0 unspecified atom stereocenters. The van der Waals surface area contributed by atoms with E-state index in [1.165, 1.54) is 5.56 Å². The van der Waals surface area contributed by atoms with Crippen molar-refractivity contribution in [2.45, 2.75) is 45.1 Å². The second kappa shape index (κ2) is 5.89. The number of sulfonamides is 1. The van der Waals surface area contributed by atoms with Crippen LogP contribution in [0.1, 0.15) is 37.9 Å². The van der Waals surface area contributed by atoms with Gasteiger partial charge in [0, 0.05) is 18.4 Å². The number of anilines is 1. The van der Waals surface area contributed by atoms with Gasteiger partial charge in [0.05, 0.1) is 5.69 Å². The molecule has 2 rings (SSSR count). The predicted octanol–water partition coefficient (Wildman–Crippen LogP) is 3.14. The first-order valence-corrected chi connectivity index (χ1v) is 8.48. The molecular weight excluding hydrogens is 286 g/mol. The molecule has 0 aliphatic heterocycles. The number of aryl methyl sites for hydroxylation is 2. The van der Waals surface area contributed by atoms with E-state index >= 15 is 0 Å². The normalized spacial score (nSPS) is 11.9. The second-order valence-electron chi connectivity index (χ2n) is 5.32. The summed E-state index contributed by atoms with van der Waals surface area (Å²) in [5, 5.41) is 4.17. The van der Waals surface area contributed by atoms with Crippen molar-refractivity contribution in [3.05, 3.63) is 41.7 Å². The van der Waals surface area contributed by atoms with E-state index in [0.29, 0.717) is 23.8 Å². The molecule has 6 heteroatoms. The molecule has 0 amide bonds. The molecule has 1 heterocycles. The molecule has 0 radical (unpaired) electrons. The zero-order valence-corrected chi connectivity index (χ0v) is 13.6. The van der Waals surface area contributed by atoms with Gasteiger partial charge in [-0.1, -0.05) is 26.0 Å². The van der Waals surface area contributed by atoms with Crippen molar-refractivity contribution in [2.24, 2.45) is 0 Å². The van der Waals surface area contributed by atoms with Crippen LogP contribution in [0.3, 0.4) is 0 Å². The van der Waals surface area contributed by atoms with E-state index in [-0.39, 0.29) is 4.90 Å². The minimum Gasteiger partial charge on any atom is -0.280 e. The molecule has 0 saturated heterocycles. The maximum absolute atomic E-state index is 12.4. The molecular formula is C15H21N3O2S. The van der Waals surface area contributed by atoms with E-state index in [0.717, 1.165) is 0 Å². The van der Waals surface area contributed by atoms with Crippen LogP contribution in [0.15, 0.2) is 35.4 Å². The van der Waals surface area contributed by atoms with Crippen molar-refractivity contribution in [3.8, 4) is 0 Å². The highest BCUT2D eigenvalue weighted by molar-refractivity contribution is 7.92. The summed E-state index contributed by atoms with van der Waals surface area (Å²) < 4.78 is 29.0. The predicted molar refractivity (Wildman–Crippen MR) is 84.0 cm³/mol. The molecule has 0 bridgehead atoms. The van der Waals surface area contributed by atoms with Gasteiger partial charge in [0.1, 0.15) is 4.90 Å². The number of nitrogens with one attached hydrogen (secondary N) is 1. The quantitative estimate of drug-likeness (QED) is 0.923. The third kappa shape index (κ3) is 3.44. The summed E-state index contributed by atoms with van der Waals surface area (Å²) in [5.74, 6) is 0.417. The van der Waals surface area contributed by atoms with Crippen LogP contribution in [0.5, 0.6) is 0 Å². The Labute approximate surface area is 126 Å². The van der Waals surface area contributed by atoms with Crippen LogP contribution in [0, 0.1) is 6.92 Å². The molecule has 2 aromatic rings. The average molecular weight is 307 g/mol. The van der Waals surface area contributed by atoms with E-state index in [2.05, 4.69) is 23.7 Å². The lowest BCUT2D eigenvalue weighted by Gasteiger charge is -2.09. The highest BCUT2D eigenvalue weighted by atomic mass is 32.2. The largest absolute Gasteiger partial charge is 0.280 e. The van der Waals surface area contributed by atoms with E-state index in [4.69, 9.17) is 0 Å². The first kappa shape index (κ1) is 15.6. The fourth-order valence-corrected chi connectivity index (χ4v) is 3.32. The molecule has 1 aromatic carbocycles. The Kier molecular flexibility index (Phi) is 4.37. The fraction of sp³-hybridized carbons (Fsp3) is 0.400. The molecule has 5 nitrogen and oxygen atoms in total. The average Bonchev–Trinajstić information content (AvgIpc) is 2.81. The van der Waals surface area contributed by atoms with E-state index < -0.39 is 10.0 Å². The highest BCUT2D eigenvalue weighted by Gasteiger charge is 2.20. The van der Waals surface area contributed by atoms with Gasteiger partial charge in [-0.3, -0.25) is 9.40 Å². The smallest absolute Gasteiger partial charge is 0.265 e. The van der Waals surface area contributed by atoms with Gasteiger partial charge < -0.3 is 0 Å². The minimum atomic E-state index is -3.60. The zero-order chi connectivity index (χ0) is 15.6. The summed E-state index contributed by atoms with van der Waals surface area (Å²) in [7, 11) is -3.60. The Morgan fingerprint density at radius 2 is 1.86 bits per heavy atom. The number of benzene rings is 1. The monoisotopic (exact) mass is 307 g/mol. The lowest BCUT2D eigenvalue weighted by molar-refractivity contribution is 0.600. The number of aromatic nitrogens is 2. The molecule has 0 aliphatic carbocycles. The summed E-state index contributed by atoms with van der Waals surface area (Å²) in [6, 6.07) is 7.44. The summed E-state index contributed by atoms with van der Waals surface area (Å²) in [4.78, 5) is 0.220. The SMILES string of the molecule is CCn1cc(S(=O)(=O)Nc2ccc(C(C)C)cc2)c(C)n1. The molecule has 0 atom stereocenters. The molecule has 1 aromatic heterocycles. The Bertz CT molecular complexity index is 716. The molecule has 0 saturated carbocycles. The number of hydrogen-bond donors (Lipinski definition) is 1. The Morgan fingerprint density at radius 3 is 2.33 bits per heavy atom. The van der Waals surface area contributed by atoms with Crippen molar-refractivity contribution in [1.29, 1.82) is 0 Å². The fourth-order valence-electron chi connectivity index (χ4n) is 2.07. The lowest BCUT2D eigenvalue weighted by atomic mass is 10.0. The van der Waals surface area contributed by atoms with E-state index in [1.54, 1.807) is 29.9 Å². The van der Waals surface area contributed by atoms with Crippen LogP contribution in [0.4, 0.5) is 5.69 Å². The summed E-state index contributed by atoms with van der Waals surface area (Å²) in [6.45, 7) is 8.45. The Morgan fingerprint density at radius 1 is 1.24 bits per heavy atom. The van der Waals surface area contributed by atoms with Gasteiger partial charge in [-0.25, -0.2) is 8.42 Å². The lowest BCUT2D eigenvalue weighted by Crippen LogP contribution is -2.13. The maximum Gasteiger partial charge on any atom is 0.265 e. The number of nitrogens with zero attached hydrogens (tertiary/aromatic N) is 2. The van der Waals surface area contributed by atoms with Crippen LogP contribution in [-0.4, -0.2) is 18.2 Å². The van der Waals surface area contributed by atoms with Gasteiger partial charge in [0.25, 0.3) is 10.0 Å². The third-order valence-electron chi connectivity index (χ3n) is 3.34. The Hall–Kier alpha value is -1.82. The van der Waals surface area contributed by atoms with Crippen molar-refractivity contribution in [2.75, 3.05) is 4.72 Å². The van der Waals surface area contributed by atoms with Crippen LogP contribution >= 0.6 is 0 Å². The standard InChI is InChI=1S/C15H21N3O2S/c1-5-18-10-15(12(4)16-18)21(19,20)17-14-8-6-13(7-9-14)11(2)3/h6-11,17H,5H2,1-4H3. The van der Waals surface area contributed by atoms with Gasteiger partial charge >= 0.3 is 0 Å². The van der Waals surface area contributed by atoms with Gasteiger partial charge in [0.2, 0.25) is 0 Å². The topological polar surface area (TPSA) is 64.0 Å². The highest BCUT2D eigenvalue weighted by Crippen LogP contribution is 2.21. The summed E-state index contributed by atoms with van der Waals surface area (Å²) in [5.41, 5.74) is 2.24. The second-order valence-corrected chi connectivity index (χ2v) is 6.97. The first-order chi connectivity index (χ1) is 9.83. The van der Waals surface area contributed by atoms with Crippen LogP contribution in [0.2, 0.25) is 0 Å². The maximum atomic E-state index is 12.4. The van der Waals surface area contributed by atoms with E-state index in [1.807, 2.05) is 19.1 Å². The molecule has 1 N–H and O–H groups in total. The zero-order valence-electron chi connectivity index (χ0n) is 12.8. The summed E-state index contributed by atoms with van der Waals surface area (Å²) in [6.07, 6.45) is 1.56. The Balaban J connectivity index is 2.26. The molecule has 114 valence electrons. The van der Waals surface area contributed by atoms with Crippen molar-refractivity contribution in [3.63, 3.8) is 0 Å². The van der Waals surface area contributed by atoms with Crippen LogP contribution in [0.25, 0.3) is 0 Å². The van der Waals surface area contributed by atoms with Crippen LogP contribution in [-0.2, 0) is 16.6 Å². The van der Waals surface area contributed by atoms with Gasteiger partial charge in [-0.05, 0) is 37.5 Å². The van der Waals surface area contributed by atoms with Gasteiger partial charge in [-0.15, -0.1) is 0 Å². The van der Waals surface area contributed by atoms with Crippen molar-refractivity contribution >= 4 is 15.7 Å². The molecule has 0 spiro atoms. The first-order valence-electron chi connectivity index (χ1n) is 7.00. The van der Waals surface area contributed by atoms with Crippen molar-refractivity contribution in [1.82, 2.24) is 9.78 Å². The van der Waals surface area contributed by atoms with Crippen LogP contribution < -0.4 is 4.72 Å². The van der Waals surface area contributed by atoms with E-state index in [9.17, 15) is 8.42 Å². The number of rotatable bonds is 5. The molecule has 0 aliphatic rings. The van der Waals surface area contributed by atoms with Gasteiger partial charge in [-0.2, -0.15) is 5.10 Å². The third-order valence-corrected chi connectivity index (χ3v) is 4.83. The van der Waals surface area contributed by atoms with Crippen molar-refractivity contribution < 1.29 is 8.42 Å². The molecule has 21 heavy (non-hydrogen) atoms. The summed E-state index contributed by atoms with van der Waals surface area (Å²) >= 11 is 0. The molecule has 0 fully saturated rings.